The summed E-state index contributed by atoms with van der Waals surface area (Å²) in [5.74, 6) is -0.858. The second-order valence-corrected chi connectivity index (χ2v) is 5.15. The molecule has 20 heavy (non-hydrogen) atoms. The monoisotopic (exact) mass is 278 g/mol. The number of nitrogens with one attached hydrogen (secondary N) is 1. The molecule has 106 valence electrons. The molecule has 2 aliphatic rings. The number of aromatic hydroxyl groups is 1. The van der Waals surface area contributed by atoms with Crippen LogP contribution in [0.15, 0.2) is 18.2 Å². The highest BCUT2D eigenvalue weighted by Gasteiger charge is 2.41. The molecule has 0 aliphatic carbocycles. The highest BCUT2D eigenvalue weighted by molar-refractivity contribution is 5.95. The first-order valence-corrected chi connectivity index (χ1v) is 6.48. The van der Waals surface area contributed by atoms with Gasteiger partial charge >= 0.3 is 5.69 Å². The molecule has 2 bridgehead atoms. The lowest BCUT2D eigenvalue weighted by Crippen LogP contribution is -2.41. The number of carbonyl (C=O) groups excluding carboxylic acids is 1. The molecule has 0 spiro atoms. The van der Waals surface area contributed by atoms with E-state index in [2.05, 4.69) is 5.32 Å². The lowest BCUT2D eigenvalue weighted by molar-refractivity contribution is -0.385. The molecule has 0 unspecified atom stereocenters. The Morgan fingerprint density at radius 1 is 1.45 bits per heavy atom. The first kappa shape index (κ1) is 12.9. The van der Waals surface area contributed by atoms with Crippen molar-refractivity contribution in [3.8, 4) is 5.75 Å². The van der Waals surface area contributed by atoms with Crippen molar-refractivity contribution < 1.29 is 19.6 Å². The van der Waals surface area contributed by atoms with Crippen LogP contribution in [-0.4, -0.2) is 34.2 Å². The number of rotatable bonds is 3. The maximum Gasteiger partial charge on any atom is 0.310 e. The largest absolute Gasteiger partial charge is 0.502 e. The van der Waals surface area contributed by atoms with Gasteiger partial charge in [-0.15, -0.1) is 0 Å². The van der Waals surface area contributed by atoms with Crippen LogP contribution in [-0.2, 0) is 4.74 Å². The predicted octanol–water partition coefficient (Wildman–Crippen LogP) is 1.35. The predicted molar refractivity (Wildman–Crippen MR) is 68.5 cm³/mol. The molecular weight excluding hydrogens is 264 g/mol. The highest BCUT2D eigenvalue weighted by Crippen LogP contribution is 2.34. The summed E-state index contributed by atoms with van der Waals surface area (Å²) in [6.07, 6.45) is 3.08. The minimum atomic E-state index is -0.694. The normalized spacial score (nSPS) is 27.5. The van der Waals surface area contributed by atoms with E-state index in [1.807, 2.05) is 0 Å². The third kappa shape index (κ3) is 2.20. The molecule has 7 heteroatoms. The molecule has 2 heterocycles. The van der Waals surface area contributed by atoms with Crippen LogP contribution in [0.25, 0.3) is 0 Å². The lowest BCUT2D eigenvalue weighted by atomic mass is 9.95. The highest BCUT2D eigenvalue weighted by atomic mass is 16.6. The van der Waals surface area contributed by atoms with E-state index in [0.717, 1.165) is 31.4 Å². The van der Waals surface area contributed by atoms with Crippen molar-refractivity contribution in [1.82, 2.24) is 5.32 Å². The Bertz CT molecular complexity index is 574. The van der Waals surface area contributed by atoms with Crippen LogP contribution in [0.2, 0.25) is 0 Å². The maximum absolute atomic E-state index is 12.1. The van der Waals surface area contributed by atoms with Gasteiger partial charge in [-0.2, -0.15) is 0 Å². The van der Waals surface area contributed by atoms with Gasteiger partial charge in [-0.05, 0) is 31.4 Å². The van der Waals surface area contributed by atoms with Crippen LogP contribution in [0.3, 0.4) is 0 Å². The summed E-state index contributed by atoms with van der Waals surface area (Å²) in [4.78, 5) is 22.0. The minimum absolute atomic E-state index is 0.0152. The van der Waals surface area contributed by atoms with Crippen LogP contribution in [0.4, 0.5) is 5.69 Å². The number of ether oxygens (including phenoxy) is 1. The zero-order valence-corrected chi connectivity index (χ0v) is 10.6. The van der Waals surface area contributed by atoms with Crippen LogP contribution < -0.4 is 5.32 Å². The average molecular weight is 278 g/mol. The number of carbonyl (C=O) groups is 1. The molecule has 1 amide bonds. The van der Waals surface area contributed by atoms with Gasteiger partial charge in [0, 0.05) is 11.6 Å². The number of amides is 1. The maximum atomic E-state index is 12.1. The molecule has 7 nitrogen and oxygen atoms in total. The van der Waals surface area contributed by atoms with Crippen LogP contribution in [0, 0.1) is 10.1 Å². The number of nitro groups is 1. The number of phenolic OH excluding ortho intramolecular Hbond substituents is 1. The van der Waals surface area contributed by atoms with Gasteiger partial charge in [0.25, 0.3) is 5.91 Å². The molecule has 0 radical (unpaired) electrons. The summed E-state index contributed by atoms with van der Waals surface area (Å²) in [6, 6.07) is 3.56. The van der Waals surface area contributed by atoms with E-state index in [4.69, 9.17) is 4.74 Å². The standard InChI is InChI=1S/C13H14N2O5/c16-11-5-7(1-3-10(11)15(18)19)13(17)14-9-6-8-2-4-12(9)20-8/h1,3,5,8-9,12,16H,2,4,6H2,(H,14,17)/t8-,9+,12-/m1/s1. The van der Waals surface area contributed by atoms with Crippen molar-refractivity contribution >= 4 is 11.6 Å². The summed E-state index contributed by atoms with van der Waals surface area (Å²) in [5.41, 5.74) is -0.208. The Kier molecular flexibility index (Phi) is 3.06. The van der Waals surface area contributed by atoms with Crippen LogP contribution in [0.1, 0.15) is 29.6 Å². The molecule has 0 aromatic heterocycles. The molecule has 3 rings (SSSR count). The summed E-state index contributed by atoms with van der Waals surface area (Å²) >= 11 is 0. The van der Waals surface area contributed by atoms with Gasteiger partial charge < -0.3 is 15.2 Å². The van der Waals surface area contributed by atoms with E-state index in [-0.39, 0.29) is 29.7 Å². The van der Waals surface area contributed by atoms with Gasteiger partial charge in [0.2, 0.25) is 0 Å². The average Bonchev–Trinajstić information content (AvgIpc) is 3.00. The van der Waals surface area contributed by atoms with Crippen molar-refractivity contribution in [3.63, 3.8) is 0 Å². The number of hydrogen-bond acceptors (Lipinski definition) is 5. The molecule has 3 atom stereocenters. The Labute approximate surface area is 114 Å². The molecule has 0 saturated carbocycles. The number of hydrogen-bond donors (Lipinski definition) is 2. The van der Waals surface area contributed by atoms with Crippen molar-refractivity contribution in [1.29, 1.82) is 0 Å². The molecule has 1 aromatic carbocycles. The first-order valence-electron chi connectivity index (χ1n) is 6.48. The summed E-state index contributed by atoms with van der Waals surface area (Å²) in [6.45, 7) is 0. The lowest BCUT2D eigenvalue weighted by Gasteiger charge is -2.20. The number of benzene rings is 1. The quantitative estimate of drug-likeness (QED) is 0.642. The Balaban J connectivity index is 1.71. The van der Waals surface area contributed by atoms with Crippen molar-refractivity contribution in [3.05, 3.63) is 33.9 Å². The number of nitrogens with zero attached hydrogens (tertiary/aromatic N) is 1. The van der Waals surface area contributed by atoms with E-state index in [9.17, 15) is 20.0 Å². The Morgan fingerprint density at radius 2 is 2.25 bits per heavy atom. The third-order valence-corrected chi connectivity index (χ3v) is 3.86. The van der Waals surface area contributed by atoms with Crippen molar-refractivity contribution in [2.45, 2.75) is 37.5 Å². The first-order chi connectivity index (χ1) is 9.54. The Hall–Kier alpha value is -2.15. The fraction of sp³-hybridized carbons (Fsp3) is 0.462. The van der Waals surface area contributed by atoms with Gasteiger partial charge in [0.1, 0.15) is 0 Å². The van der Waals surface area contributed by atoms with Gasteiger partial charge in [-0.3, -0.25) is 14.9 Å². The molecule has 2 N–H and O–H groups in total. The second-order valence-electron chi connectivity index (χ2n) is 5.15. The second kappa shape index (κ2) is 4.75. The van der Waals surface area contributed by atoms with E-state index in [0.29, 0.717) is 0 Å². The zero-order chi connectivity index (χ0) is 14.3. The van der Waals surface area contributed by atoms with Crippen LogP contribution in [0.5, 0.6) is 5.75 Å². The van der Waals surface area contributed by atoms with E-state index in [1.54, 1.807) is 0 Å². The fourth-order valence-corrected chi connectivity index (χ4v) is 2.86. The number of phenols is 1. The van der Waals surface area contributed by atoms with Crippen molar-refractivity contribution in [2.24, 2.45) is 0 Å². The zero-order valence-electron chi connectivity index (χ0n) is 10.6. The minimum Gasteiger partial charge on any atom is -0.502 e. The number of fused-ring (bicyclic) bond motifs is 2. The van der Waals surface area contributed by atoms with E-state index in [1.165, 1.54) is 6.07 Å². The molecule has 2 saturated heterocycles. The van der Waals surface area contributed by atoms with Gasteiger partial charge in [0.15, 0.2) is 5.75 Å². The van der Waals surface area contributed by atoms with E-state index >= 15 is 0 Å². The summed E-state index contributed by atoms with van der Waals surface area (Å²) in [7, 11) is 0. The smallest absolute Gasteiger partial charge is 0.310 e. The number of nitro benzene ring substituents is 1. The van der Waals surface area contributed by atoms with Crippen LogP contribution >= 0.6 is 0 Å². The molecule has 2 aliphatic heterocycles. The Morgan fingerprint density at radius 3 is 2.80 bits per heavy atom. The fourth-order valence-electron chi connectivity index (χ4n) is 2.86. The SMILES string of the molecule is O=C(N[C@H]1C[C@H]2CC[C@H]1O2)c1ccc([N+](=O)[O-])c(O)c1. The van der Waals surface area contributed by atoms with Crippen molar-refractivity contribution in [2.75, 3.05) is 0 Å². The summed E-state index contributed by atoms with van der Waals surface area (Å²) in [5, 5.41) is 23.0. The van der Waals surface area contributed by atoms with Gasteiger partial charge in [0.05, 0.1) is 23.2 Å². The third-order valence-electron chi connectivity index (χ3n) is 3.86. The topological polar surface area (TPSA) is 102 Å². The summed E-state index contributed by atoms with van der Waals surface area (Å²) < 4.78 is 5.64. The molecule has 2 fully saturated rings. The molecular formula is C13H14N2O5. The van der Waals surface area contributed by atoms with Gasteiger partial charge in [-0.1, -0.05) is 0 Å². The van der Waals surface area contributed by atoms with Gasteiger partial charge in [-0.25, -0.2) is 0 Å². The molecule has 1 aromatic rings. The van der Waals surface area contributed by atoms with E-state index < -0.39 is 16.4 Å².